The van der Waals surface area contributed by atoms with E-state index in [-0.39, 0.29) is 12.0 Å². The first-order valence-corrected chi connectivity index (χ1v) is 6.38. The van der Waals surface area contributed by atoms with Crippen LogP contribution in [0.3, 0.4) is 0 Å². The van der Waals surface area contributed by atoms with E-state index in [1.807, 2.05) is 12.5 Å². The number of nitrogens with zero attached hydrogens (tertiary/aromatic N) is 3. The van der Waals surface area contributed by atoms with E-state index in [0.717, 1.165) is 18.7 Å². The minimum absolute atomic E-state index is 0.203. The van der Waals surface area contributed by atoms with Crippen molar-refractivity contribution in [3.05, 3.63) is 18.2 Å². The fourth-order valence-electron chi connectivity index (χ4n) is 1.78. The summed E-state index contributed by atoms with van der Waals surface area (Å²) in [5, 5.41) is 0. The summed E-state index contributed by atoms with van der Waals surface area (Å²) in [6.07, 6.45) is 4.78. The molecule has 0 aliphatic carbocycles. The van der Waals surface area contributed by atoms with Crippen molar-refractivity contribution in [3.8, 4) is 0 Å². The highest BCUT2D eigenvalue weighted by molar-refractivity contribution is 5.71. The van der Waals surface area contributed by atoms with Gasteiger partial charge < -0.3 is 9.30 Å². The molecule has 1 aromatic rings. The van der Waals surface area contributed by atoms with Crippen molar-refractivity contribution in [2.24, 2.45) is 0 Å². The third-order valence-electron chi connectivity index (χ3n) is 2.92. The van der Waals surface area contributed by atoms with E-state index >= 15 is 0 Å². The first-order chi connectivity index (χ1) is 8.58. The van der Waals surface area contributed by atoms with Crippen molar-refractivity contribution in [2.45, 2.75) is 46.3 Å². The van der Waals surface area contributed by atoms with E-state index in [9.17, 15) is 4.79 Å². The second-order valence-electron chi connectivity index (χ2n) is 4.65. The zero-order chi connectivity index (χ0) is 13.5. The lowest BCUT2D eigenvalue weighted by Gasteiger charge is -2.25. The summed E-state index contributed by atoms with van der Waals surface area (Å²) in [7, 11) is 1.42. The van der Waals surface area contributed by atoms with Gasteiger partial charge in [-0.05, 0) is 20.3 Å². The normalized spacial score (nSPS) is 11.2. The highest BCUT2D eigenvalue weighted by Gasteiger charge is 2.16. The van der Waals surface area contributed by atoms with E-state index in [1.54, 1.807) is 0 Å². The molecule has 0 fully saturated rings. The van der Waals surface area contributed by atoms with Gasteiger partial charge in [0.2, 0.25) is 0 Å². The molecule has 18 heavy (non-hydrogen) atoms. The fourth-order valence-corrected chi connectivity index (χ4v) is 1.78. The first kappa shape index (κ1) is 14.7. The van der Waals surface area contributed by atoms with Crippen molar-refractivity contribution < 1.29 is 9.53 Å². The van der Waals surface area contributed by atoms with E-state index in [1.165, 1.54) is 7.11 Å². The maximum atomic E-state index is 11.4. The molecule has 0 aromatic carbocycles. The molecule has 1 aromatic heterocycles. The van der Waals surface area contributed by atoms with Gasteiger partial charge in [0.1, 0.15) is 0 Å². The van der Waals surface area contributed by atoms with Gasteiger partial charge >= 0.3 is 5.97 Å². The van der Waals surface area contributed by atoms with Crippen LogP contribution in [0.25, 0.3) is 0 Å². The van der Waals surface area contributed by atoms with Crippen LogP contribution in [-0.4, -0.2) is 40.1 Å². The van der Waals surface area contributed by atoms with Gasteiger partial charge in [-0.2, -0.15) is 0 Å². The van der Waals surface area contributed by atoms with Crippen LogP contribution in [0.2, 0.25) is 0 Å². The molecule has 0 saturated heterocycles. The van der Waals surface area contributed by atoms with Gasteiger partial charge in [0.15, 0.2) is 0 Å². The molecular formula is C13H23N3O2. The Morgan fingerprint density at radius 2 is 2.28 bits per heavy atom. The Morgan fingerprint density at radius 1 is 1.56 bits per heavy atom. The predicted octanol–water partition coefficient (Wildman–Crippen LogP) is 1.68. The van der Waals surface area contributed by atoms with Crippen LogP contribution >= 0.6 is 0 Å². The van der Waals surface area contributed by atoms with Crippen LogP contribution in [-0.2, 0) is 22.6 Å². The Bertz CT molecular complexity index is 374. The molecule has 0 saturated carbocycles. The van der Waals surface area contributed by atoms with Crippen LogP contribution < -0.4 is 0 Å². The lowest BCUT2D eigenvalue weighted by molar-refractivity contribution is -0.142. The first-order valence-electron chi connectivity index (χ1n) is 6.38. The number of aromatic nitrogens is 2. The number of hydrogen-bond donors (Lipinski definition) is 0. The third-order valence-corrected chi connectivity index (χ3v) is 2.92. The van der Waals surface area contributed by atoms with Crippen LogP contribution in [0.4, 0.5) is 0 Å². The van der Waals surface area contributed by atoms with Gasteiger partial charge in [0.05, 0.1) is 25.7 Å². The maximum Gasteiger partial charge on any atom is 0.319 e. The van der Waals surface area contributed by atoms with Crippen molar-refractivity contribution in [1.29, 1.82) is 0 Å². The number of hydrogen-bond acceptors (Lipinski definition) is 4. The number of methoxy groups -OCH3 is 1. The number of aryl methyl sites for hydroxylation is 1. The molecule has 0 unspecified atom stereocenters. The fraction of sp³-hybridized carbons (Fsp3) is 0.692. The van der Waals surface area contributed by atoms with Crippen molar-refractivity contribution in [2.75, 3.05) is 13.7 Å². The minimum atomic E-state index is -0.203. The molecule has 0 aliphatic heterocycles. The summed E-state index contributed by atoms with van der Waals surface area (Å²) in [6.45, 7) is 8.27. The quantitative estimate of drug-likeness (QED) is 0.694. The SMILES string of the molecule is CCCn1cncc1CN(CC(=O)OC)C(C)C. The zero-order valence-corrected chi connectivity index (χ0v) is 11.7. The Hall–Kier alpha value is -1.36. The van der Waals surface area contributed by atoms with Crippen LogP contribution in [0, 0.1) is 0 Å². The predicted molar refractivity (Wildman–Crippen MR) is 70.1 cm³/mol. The second-order valence-corrected chi connectivity index (χ2v) is 4.65. The molecule has 102 valence electrons. The molecular weight excluding hydrogens is 230 g/mol. The largest absolute Gasteiger partial charge is 0.468 e. The zero-order valence-electron chi connectivity index (χ0n) is 11.7. The average Bonchev–Trinajstić information content (AvgIpc) is 2.76. The number of carbonyl (C=O) groups excluding carboxylic acids is 1. The summed E-state index contributed by atoms with van der Waals surface area (Å²) in [5.41, 5.74) is 1.13. The molecule has 0 amide bonds. The average molecular weight is 253 g/mol. The van der Waals surface area contributed by atoms with Gasteiger partial charge in [-0.15, -0.1) is 0 Å². The summed E-state index contributed by atoms with van der Waals surface area (Å²) >= 11 is 0. The van der Waals surface area contributed by atoms with Gasteiger partial charge in [-0.3, -0.25) is 9.69 Å². The highest BCUT2D eigenvalue weighted by Crippen LogP contribution is 2.09. The van der Waals surface area contributed by atoms with Crippen molar-refractivity contribution >= 4 is 5.97 Å². The monoisotopic (exact) mass is 253 g/mol. The summed E-state index contributed by atoms with van der Waals surface area (Å²) in [6, 6.07) is 0.286. The number of carbonyl (C=O) groups is 1. The Labute approximate surface area is 109 Å². The number of esters is 1. The lowest BCUT2D eigenvalue weighted by atomic mass is 10.3. The lowest BCUT2D eigenvalue weighted by Crippen LogP contribution is -2.36. The topological polar surface area (TPSA) is 47.4 Å². The molecule has 1 heterocycles. The molecule has 5 heteroatoms. The highest BCUT2D eigenvalue weighted by atomic mass is 16.5. The second kappa shape index (κ2) is 7.16. The van der Waals surface area contributed by atoms with E-state index in [0.29, 0.717) is 13.1 Å². The molecule has 0 N–H and O–H groups in total. The van der Waals surface area contributed by atoms with Crippen molar-refractivity contribution in [3.63, 3.8) is 0 Å². The standard InChI is InChI=1S/C13H23N3O2/c1-5-6-15-10-14-7-12(15)8-16(11(2)3)9-13(17)18-4/h7,10-11H,5-6,8-9H2,1-4H3. The van der Waals surface area contributed by atoms with Crippen LogP contribution in [0.15, 0.2) is 12.5 Å². The molecule has 5 nitrogen and oxygen atoms in total. The van der Waals surface area contributed by atoms with Crippen molar-refractivity contribution in [1.82, 2.24) is 14.5 Å². The van der Waals surface area contributed by atoms with E-state index in [2.05, 4.69) is 35.2 Å². The minimum Gasteiger partial charge on any atom is -0.468 e. The summed E-state index contributed by atoms with van der Waals surface area (Å²) in [5.74, 6) is -0.203. The molecule has 0 aliphatic rings. The summed E-state index contributed by atoms with van der Waals surface area (Å²) in [4.78, 5) is 17.6. The van der Waals surface area contributed by atoms with Crippen LogP contribution in [0.5, 0.6) is 0 Å². The van der Waals surface area contributed by atoms with E-state index < -0.39 is 0 Å². The van der Waals surface area contributed by atoms with Crippen LogP contribution in [0.1, 0.15) is 32.9 Å². The molecule has 0 atom stereocenters. The molecule has 0 bridgehead atoms. The van der Waals surface area contributed by atoms with Gasteiger partial charge in [0, 0.05) is 25.3 Å². The van der Waals surface area contributed by atoms with Gasteiger partial charge in [-0.25, -0.2) is 4.98 Å². The smallest absolute Gasteiger partial charge is 0.319 e. The number of imidazole rings is 1. The third kappa shape index (κ3) is 4.14. The Morgan fingerprint density at radius 3 is 2.83 bits per heavy atom. The molecule has 1 rings (SSSR count). The molecule has 0 radical (unpaired) electrons. The maximum absolute atomic E-state index is 11.4. The van der Waals surface area contributed by atoms with Gasteiger partial charge in [-0.1, -0.05) is 6.92 Å². The summed E-state index contributed by atoms with van der Waals surface area (Å²) < 4.78 is 6.86. The number of ether oxygens (including phenoxy) is 1. The Balaban J connectivity index is 2.70. The van der Waals surface area contributed by atoms with Gasteiger partial charge in [0.25, 0.3) is 0 Å². The van der Waals surface area contributed by atoms with E-state index in [4.69, 9.17) is 4.74 Å². The molecule has 0 spiro atoms. The number of rotatable bonds is 7. The Kier molecular flexibility index (Phi) is 5.85.